The van der Waals surface area contributed by atoms with E-state index in [9.17, 15) is 19.8 Å². The molecule has 0 bridgehead atoms. The van der Waals surface area contributed by atoms with Crippen LogP contribution >= 0.6 is 0 Å². The third kappa shape index (κ3) is 8.69. The molecule has 2 aromatic rings. The highest BCUT2D eigenvalue weighted by atomic mass is 16.6. The molecule has 10 nitrogen and oxygen atoms in total. The molecule has 10 heteroatoms. The molecule has 0 aliphatic carbocycles. The van der Waals surface area contributed by atoms with Crippen molar-refractivity contribution in [3.8, 4) is 5.75 Å². The van der Waals surface area contributed by atoms with Gasteiger partial charge in [0.1, 0.15) is 30.4 Å². The zero-order valence-corrected chi connectivity index (χ0v) is 26.2. The van der Waals surface area contributed by atoms with Gasteiger partial charge in [-0.3, -0.25) is 10.1 Å². The lowest BCUT2D eigenvalue weighted by molar-refractivity contribution is -0.0478. The van der Waals surface area contributed by atoms with Crippen molar-refractivity contribution >= 4 is 12.0 Å². The van der Waals surface area contributed by atoms with Gasteiger partial charge in [-0.2, -0.15) is 0 Å². The molecular formula is C33H48N4O6. The number of nitrogens with one attached hydrogen (secondary N) is 1. The molecule has 0 spiro atoms. The molecular weight excluding hydrogens is 548 g/mol. The van der Waals surface area contributed by atoms with Crippen LogP contribution in [0.2, 0.25) is 0 Å². The fourth-order valence-corrected chi connectivity index (χ4v) is 5.64. The topological polar surface area (TPSA) is 115 Å². The molecule has 2 heterocycles. The van der Waals surface area contributed by atoms with Gasteiger partial charge in [0.25, 0.3) is 5.91 Å². The predicted molar refractivity (Wildman–Crippen MR) is 164 cm³/mol. The van der Waals surface area contributed by atoms with Crippen molar-refractivity contribution in [1.82, 2.24) is 20.0 Å². The first-order chi connectivity index (χ1) is 20.5. The van der Waals surface area contributed by atoms with E-state index in [4.69, 9.17) is 9.47 Å². The van der Waals surface area contributed by atoms with Crippen LogP contribution in [0.15, 0.2) is 42.5 Å². The monoisotopic (exact) mass is 596 g/mol. The quantitative estimate of drug-likeness (QED) is 0.336. The van der Waals surface area contributed by atoms with Gasteiger partial charge in [0.2, 0.25) is 0 Å². The highest BCUT2D eigenvalue weighted by molar-refractivity contribution is 5.99. The molecule has 1 fully saturated rings. The number of nitrogens with zero attached hydrogens (tertiary/aromatic N) is 3. The number of piperidine rings is 1. The van der Waals surface area contributed by atoms with Gasteiger partial charge < -0.3 is 34.4 Å². The van der Waals surface area contributed by atoms with Crippen LogP contribution in [-0.2, 0) is 24.4 Å². The average molecular weight is 597 g/mol. The lowest BCUT2D eigenvalue weighted by atomic mass is 10.0. The van der Waals surface area contributed by atoms with Crippen LogP contribution in [0.1, 0.15) is 80.9 Å². The number of aliphatic hydroxyl groups is 2. The minimum atomic E-state index is -0.987. The summed E-state index contributed by atoms with van der Waals surface area (Å²) < 4.78 is 11.9. The summed E-state index contributed by atoms with van der Waals surface area (Å²) in [6.07, 6.45) is -0.222. The Balaban J connectivity index is 1.37. The standard InChI is InChI=1S/C33H48N4O6/c1-6-35(7-2)18-9-19-36(32(41)43-33(3,4)5)20-23-12-14-24(15-13-23)22-42-28-11-8-10-25-26(28)21-37(31(25)40)27-16-17-29(38)34-30(27)39/h8,10-15,27,29-30,34,38-39H,6-7,9,16-22H2,1-5H3. The number of benzene rings is 2. The number of fused-ring (bicyclic) bond motifs is 1. The zero-order valence-electron chi connectivity index (χ0n) is 26.2. The molecule has 1 saturated heterocycles. The maximum atomic E-state index is 13.2. The van der Waals surface area contributed by atoms with Crippen molar-refractivity contribution in [3.63, 3.8) is 0 Å². The first-order valence-corrected chi connectivity index (χ1v) is 15.4. The third-order valence-electron chi connectivity index (χ3n) is 8.06. The molecule has 0 saturated carbocycles. The first kappa shape index (κ1) is 32.7. The maximum Gasteiger partial charge on any atom is 0.410 e. The van der Waals surface area contributed by atoms with Crippen LogP contribution in [0, 0.1) is 0 Å². The van der Waals surface area contributed by atoms with E-state index in [0.29, 0.717) is 50.4 Å². The van der Waals surface area contributed by atoms with Gasteiger partial charge in [0.05, 0.1) is 12.6 Å². The number of hydrogen-bond donors (Lipinski definition) is 3. The largest absolute Gasteiger partial charge is 0.489 e. The third-order valence-corrected chi connectivity index (χ3v) is 8.06. The highest BCUT2D eigenvalue weighted by Crippen LogP contribution is 2.34. The number of amides is 2. The van der Waals surface area contributed by atoms with Gasteiger partial charge in [-0.25, -0.2) is 4.79 Å². The fraction of sp³-hybridized carbons (Fsp3) is 0.576. The molecule has 3 atom stereocenters. The Labute approximate surface area is 255 Å². The lowest BCUT2D eigenvalue weighted by Crippen LogP contribution is -2.56. The second-order valence-electron chi connectivity index (χ2n) is 12.4. The SMILES string of the molecule is CCN(CC)CCCN(Cc1ccc(COc2cccc3c2CN(C2CCC(O)NC2O)C3=O)cc1)C(=O)OC(C)(C)C. The van der Waals surface area contributed by atoms with E-state index in [2.05, 4.69) is 24.1 Å². The van der Waals surface area contributed by atoms with Gasteiger partial charge >= 0.3 is 6.09 Å². The van der Waals surface area contributed by atoms with Crippen LogP contribution in [0.5, 0.6) is 5.75 Å². The minimum absolute atomic E-state index is 0.140. The summed E-state index contributed by atoms with van der Waals surface area (Å²) in [6.45, 7) is 14.6. The van der Waals surface area contributed by atoms with E-state index in [1.54, 1.807) is 15.9 Å². The van der Waals surface area contributed by atoms with E-state index in [-0.39, 0.29) is 12.0 Å². The Morgan fingerprint density at radius 1 is 1.02 bits per heavy atom. The summed E-state index contributed by atoms with van der Waals surface area (Å²) in [6, 6.07) is 13.0. The number of rotatable bonds is 12. The Morgan fingerprint density at radius 3 is 2.37 bits per heavy atom. The van der Waals surface area contributed by atoms with Gasteiger partial charge in [0.15, 0.2) is 0 Å². The van der Waals surface area contributed by atoms with Crippen LogP contribution in [0.4, 0.5) is 4.79 Å². The number of hydrogen-bond acceptors (Lipinski definition) is 8. The summed E-state index contributed by atoms with van der Waals surface area (Å²) in [5.41, 5.74) is 2.79. The second-order valence-corrected chi connectivity index (χ2v) is 12.4. The van der Waals surface area contributed by atoms with E-state index in [0.717, 1.165) is 42.7 Å². The zero-order chi connectivity index (χ0) is 31.1. The van der Waals surface area contributed by atoms with Gasteiger partial charge in [-0.1, -0.05) is 44.2 Å². The molecule has 2 amide bonds. The van der Waals surface area contributed by atoms with Crippen LogP contribution in [0.25, 0.3) is 0 Å². The second kappa shape index (κ2) is 14.5. The van der Waals surface area contributed by atoms with Crippen molar-refractivity contribution in [2.24, 2.45) is 0 Å². The molecule has 0 radical (unpaired) electrons. The van der Waals surface area contributed by atoms with E-state index >= 15 is 0 Å². The minimum Gasteiger partial charge on any atom is -0.489 e. The fourth-order valence-electron chi connectivity index (χ4n) is 5.64. The van der Waals surface area contributed by atoms with Crippen molar-refractivity contribution in [3.05, 3.63) is 64.7 Å². The summed E-state index contributed by atoms with van der Waals surface area (Å²) in [4.78, 5) is 31.9. The van der Waals surface area contributed by atoms with Gasteiger partial charge in [0, 0.05) is 24.2 Å². The lowest BCUT2D eigenvalue weighted by Gasteiger charge is -2.37. The number of aliphatic hydroxyl groups excluding tert-OH is 2. The number of ether oxygens (including phenoxy) is 2. The maximum absolute atomic E-state index is 13.2. The molecule has 0 aromatic heterocycles. The first-order valence-electron chi connectivity index (χ1n) is 15.4. The Morgan fingerprint density at radius 2 is 1.72 bits per heavy atom. The summed E-state index contributed by atoms with van der Waals surface area (Å²) in [5.74, 6) is 0.499. The van der Waals surface area contributed by atoms with Crippen molar-refractivity contribution in [1.29, 1.82) is 0 Å². The Bertz CT molecular complexity index is 1230. The van der Waals surface area contributed by atoms with Crippen LogP contribution in [-0.4, -0.2) is 87.2 Å². The summed E-state index contributed by atoms with van der Waals surface area (Å²) >= 11 is 0. The smallest absolute Gasteiger partial charge is 0.410 e. The van der Waals surface area contributed by atoms with E-state index in [1.165, 1.54) is 0 Å². The van der Waals surface area contributed by atoms with Crippen molar-refractivity contribution in [2.75, 3.05) is 26.2 Å². The Kier molecular flexibility index (Phi) is 11.1. The normalized spacial score (nSPS) is 20.3. The summed E-state index contributed by atoms with van der Waals surface area (Å²) in [5, 5.41) is 22.9. The highest BCUT2D eigenvalue weighted by Gasteiger charge is 2.40. The number of carbonyl (C=O) groups is 2. The molecule has 4 rings (SSSR count). The molecule has 3 N–H and O–H groups in total. The predicted octanol–water partition coefficient (Wildman–Crippen LogP) is 4.08. The van der Waals surface area contributed by atoms with Crippen molar-refractivity contribution in [2.45, 2.75) is 97.7 Å². The van der Waals surface area contributed by atoms with Gasteiger partial charge in [-0.15, -0.1) is 0 Å². The van der Waals surface area contributed by atoms with Crippen molar-refractivity contribution < 1.29 is 29.3 Å². The molecule has 2 aliphatic heterocycles. The molecule has 2 aliphatic rings. The molecule has 43 heavy (non-hydrogen) atoms. The Hall–Kier alpha value is -3.18. The van der Waals surface area contributed by atoms with Crippen LogP contribution < -0.4 is 10.1 Å². The van der Waals surface area contributed by atoms with Crippen LogP contribution in [0.3, 0.4) is 0 Å². The summed E-state index contributed by atoms with van der Waals surface area (Å²) in [7, 11) is 0. The molecule has 236 valence electrons. The number of carbonyl (C=O) groups excluding carboxylic acids is 2. The van der Waals surface area contributed by atoms with Gasteiger partial charge in [-0.05, 0) is 82.9 Å². The molecule has 3 unspecified atom stereocenters. The molecule has 2 aromatic carbocycles. The van der Waals surface area contributed by atoms with E-state index < -0.39 is 24.1 Å². The average Bonchev–Trinajstić information content (AvgIpc) is 3.30. The van der Waals surface area contributed by atoms with E-state index in [1.807, 2.05) is 57.2 Å².